The quantitative estimate of drug-likeness (QED) is 0.582. The van der Waals surface area contributed by atoms with Crippen LogP contribution in [0.15, 0.2) is 12.2 Å². The number of fused-ring (bicyclic) bond motifs is 2. The number of esters is 1. The monoisotopic (exact) mass is 358 g/mol. The lowest BCUT2D eigenvalue weighted by Gasteiger charge is -2.34. The number of aromatic hydroxyl groups is 1. The van der Waals surface area contributed by atoms with Crippen LogP contribution in [0.25, 0.3) is 12.2 Å². The average molecular weight is 358 g/mol. The van der Waals surface area contributed by atoms with Crippen molar-refractivity contribution >= 4 is 18.1 Å². The van der Waals surface area contributed by atoms with Crippen LogP contribution in [0.3, 0.4) is 0 Å². The lowest BCUT2D eigenvalue weighted by molar-refractivity contribution is -0.143. The second kappa shape index (κ2) is 5.53. The molecule has 1 aromatic carbocycles. The molecular formula is C21H26O5. The molecule has 0 unspecified atom stereocenters. The summed E-state index contributed by atoms with van der Waals surface area (Å²) in [7, 11) is 0. The van der Waals surface area contributed by atoms with Crippen molar-refractivity contribution < 1.29 is 24.1 Å². The molecule has 0 amide bonds. The first kappa shape index (κ1) is 18.4. The maximum Gasteiger partial charge on any atom is 0.316 e. The van der Waals surface area contributed by atoms with Crippen LogP contribution >= 0.6 is 0 Å². The smallest absolute Gasteiger partial charge is 0.316 e. The highest BCUT2D eigenvalue weighted by Crippen LogP contribution is 2.54. The number of phenolic OH excluding ortho intramolecular Hbond substituents is 1. The van der Waals surface area contributed by atoms with Gasteiger partial charge in [-0.3, -0.25) is 4.79 Å². The highest BCUT2D eigenvalue weighted by molar-refractivity contribution is 5.87. The Hall–Kier alpha value is -2.43. The Labute approximate surface area is 154 Å². The molecule has 26 heavy (non-hydrogen) atoms. The molecule has 0 aliphatic carbocycles. The molecule has 2 heterocycles. The Balaban J connectivity index is 2.25. The summed E-state index contributed by atoms with van der Waals surface area (Å²) in [6.07, 6.45) is 7.29. The molecule has 3 rings (SSSR count). The van der Waals surface area contributed by atoms with Gasteiger partial charge in [0.2, 0.25) is 5.75 Å². The Kier molecular flexibility index (Phi) is 3.91. The molecule has 0 aromatic heterocycles. The lowest BCUT2D eigenvalue weighted by Crippen LogP contribution is -2.32. The van der Waals surface area contributed by atoms with Gasteiger partial charge in [-0.25, -0.2) is 0 Å². The first-order valence-corrected chi connectivity index (χ1v) is 8.72. The summed E-state index contributed by atoms with van der Waals surface area (Å²) in [4.78, 5) is 12.6. The summed E-state index contributed by atoms with van der Waals surface area (Å²) >= 11 is 0. The zero-order chi connectivity index (χ0) is 19.5. The second-order valence-corrected chi connectivity index (χ2v) is 8.88. The van der Waals surface area contributed by atoms with Crippen molar-refractivity contribution in [3.63, 3.8) is 0 Å². The Morgan fingerprint density at radius 2 is 1.38 bits per heavy atom. The van der Waals surface area contributed by atoms with E-state index in [1.165, 1.54) is 0 Å². The minimum absolute atomic E-state index is 0.0454. The van der Waals surface area contributed by atoms with E-state index in [1.807, 2.05) is 39.8 Å². The van der Waals surface area contributed by atoms with Gasteiger partial charge in [0, 0.05) is 0 Å². The first-order valence-electron chi connectivity index (χ1n) is 8.72. The fraction of sp³-hybridized carbons (Fsp3) is 0.476. The van der Waals surface area contributed by atoms with Gasteiger partial charge in [-0.05, 0) is 72.8 Å². The van der Waals surface area contributed by atoms with Crippen molar-refractivity contribution in [2.45, 2.75) is 59.7 Å². The van der Waals surface area contributed by atoms with Gasteiger partial charge in [0.15, 0.2) is 11.5 Å². The van der Waals surface area contributed by atoms with Gasteiger partial charge in [0.25, 0.3) is 0 Å². The van der Waals surface area contributed by atoms with Crippen LogP contribution in [0, 0.1) is 5.41 Å². The van der Waals surface area contributed by atoms with E-state index in [9.17, 15) is 9.90 Å². The standard InChI is InChI=1S/C21H26O5/c1-19(2,3)18(23)24-17-15-12(8-10-20(4,5)25-15)14(22)13-9-11-21(6,7)26-16(13)17/h8-11,22H,1-7H3. The second-order valence-electron chi connectivity index (χ2n) is 8.88. The van der Waals surface area contributed by atoms with E-state index in [1.54, 1.807) is 32.9 Å². The minimum atomic E-state index is -0.697. The lowest BCUT2D eigenvalue weighted by atomic mass is 9.94. The molecule has 0 atom stereocenters. The number of carbonyl (C=O) groups is 1. The zero-order valence-electron chi connectivity index (χ0n) is 16.4. The van der Waals surface area contributed by atoms with Gasteiger partial charge in [0.05, 0.1) is 16.5 Å². The summed E-state index contributed by atoms with van der Waals surface area (Å²) < 4.78 is 17.9. The van der Waals surface area contributed by atoms with Gasteiger partial charge in [-0.2, -0.15) is 0 Å². The number of rotatable bonds is 1. The topological polar surface area (TPSA) is 65.0 Å². The van der Waals surface area contributed by atoms with Crippen molar-refractivity contribution in [2.24, 2.45) is 5.41 Å². The largest absolute Gasteiger partial charge is 0.506 e. The van der Waals surface area contributed by atoms with Crippen molar-refractivity contribution in [1.82, 2.24) is 0 Å². The van der Waals surface area contributed by atoms with E-state index in [4.69, 9.17) is 14.2 Å². The van der Waals surface area contributed by atoms with Crippen LogP contribution in [0.4, 0.5) is 0 Å². The number of hydrogen-bond donors (Lipinski definition) is 1. The van der Waals surface area contributed by atoms with Gasteiger partial charge >= 0.3 is 5.97 Å². The fourth-order valence-corrected chi connectivity index (χ4v) is 2.72. The van der Waals surface area contributed by atoms with Gasteiger partial charge in [-0.15, -0.1) is 0 Å². The Bertz CT molecular complexity index is 782. The fourth-order valence-electron chi connectivity index (χ4n) is 2.72. The number of ether oxygens (including phenoxy) is 3. The highest BCUT2D eigenvalue weighted by atomic mass is 16.6. The third-order valence-electron chi connectivity index (χ3n) is 4.25. The molecule has 5 nitrogen and oxygen atoms in total. The summed E-state index contributed by atoms with van der Waals surface area (Å²) in [6, 6.07) is 0. The summed E-state index contributed by atoms with van der Waals surface area (Å²) in [6.45, 7) is 12.9. The molecule has 5 heteroatoms. The van der Waals surface area contributed by atoms with Gasteiger partial charge < -0.3 is 19.3 Å². The van der Waals surface area contributed by atoms with E-state index in [0.29, 0.717) is 22.6 Å². The molecule has 2 aliphatic rings. The third-order valence-corrected chi connectivity index (χ3v) is 4.25. The van der Waals surface area contributed by atoms with E-state index in [0.717, 1.165) is 0 Å². The highest BCUT2D eigenvalue weighted by Gasteiger charge is 2.37. The summed E-state index contributed by atoms with van der Waals surface area (Å²) in [5.74, 6) is 0.487. The van der Waals surface area contributed by atoms with Gasteiger partial charge in [0.1, 0.15) is 17.0 Å². The molecule has 1 N–H and O–H groups in total. The van der Waals surface area contributed by atoms with Gasteiger partial charge in [-0.1, -0.05) is 0 Å². The zero-order valence-corrected chi connectivity index (χ0v) is 16.4. The van der Waals surface area contributed by atoms with Crippen LogP contribution in [-0.4, -0.2) is 22.3 Å². The van der Waals surface area contributed by atoms with Crippen LogP contribution < -0.4 is 14.2 Å². The van der Waals surface area contributed by atoms with Crippen molar-refractivity contribution in [2.75, 3.05) is 0 Å². The van der Waals surface area contributed by atoms with Crippen LogP contribution in [-0.2, 0) is 4.79 Å². The number of carbonyl (C=O) groups excluding carboxylic acids is 1. The molecule has 2 aliphatic heterocycles. The molecule has 0 saturated carbocycles. The summed E-state index contributed by atoms with van der Waals surface area (Å²) in [5, 5.41) is 10.7. The van der Waals surface area contributed by atoms with E-state index in [-0.39, 0.29) is 11.5 Å². The maximum atomic E-state index is 12.6. The van der Waals surface area contributed by atoms with Crippen LogP contribution in [0.5, 0.6) is 23.0 Å². The maximum absolute atomic E-state index is 12.6. The third kappa shape index (κ3) is 3.18. The molecule has 0 radical (unpaired) electrons. The summed E-state index contributed by atoms with van der Waals surface area (Å²) in [5.41, 5.74) is -0.939. The number of phenols is 1. The molecule has 1 aromatic rings. The van der Waals surface area contributed by atoms with Crippen molar-refractivity contribution in [3.05, 3.63) is 23.3 Å². The molecule has 0 spiro atoms. The average Bonchev–Trinajstić information content (AvgIpc) is 2.48. The molecular weight excluding hydrogens is 332 g/mol. The minimum Gasteiger partial charge on any atom is -0.506 e. The van der Waals surface area contributed by atoms with Crippen LogP contribution in [0.1, 0.15) is 59.6 Å². The van der Waals surface area contributed by atoms with Crippen molar-refractivity contribution in [3.8, 4) is 23.0 Å². The Morgan fingerprint density at radius 1 is 0.962 bits per heavy atom. The Morgan fingerprint density at radius 3 is 1.77 bits per heavy atom. The van der Waals surface area contributed by atoms with Crippen molar-refractivity contribution in [1.29, 1.82) is 0 Å². The number of benzene rings is 1. The first-order chi connectivity index (χ1) is 11.8. The van der Waals surface area contributed by atoms with E-state index < -0.39 is 22.6 Å². The molecule has 140 valence electrons. The SMILES string of the molecule is CC1(C)C=Cc2c(O)c3c(c(OC(=O)C(C)(C)C)c2O1)OC(C)(C)C=C3. The number of hydrogen-bond acceptors (Lipinski definition) is 5. The van der Waals surface area contributed by atoms with E-state index >= 15 is 0 Å². The van der Waals surface area contributed by atoms with E-state index in [2.05, 4.69) is 0 Å². The molecule has 0 fully saturated rings. The molecule has 0 bridgehead atoms. The normalized spacial score (nSPS) is 19.0. The van der Waals surface area contributed by atoms with Crippen LogP contribution in [0.2, 0.25) is 0 Å². The predicted octanol–water partition coefficient (Wildman–Crippen LogP) is 4.71. The molecule has 0 saturated heterocycles. The predicted molar refractivity (Wildman–Crippen MR) is 101 cm³/mol.